The van der Waals surface area contributed by atoms with Crippen molar-refractivity contribution in [2.75, 3.05) is 48.4 Å². The summed E-state index contributed by atoms with van der Waals surface area (Å²) in [6, 6.07) is 13.1. The minimum absolute atomic E-state index is 0. The van der Waals surface area contributed by atoms with Gasteiger partial charge in [0.2, 0.25) is 5.95 Å². The fourth-order valence-corrected chi connectivity index (χ4v) is 4.42. The number of nitrogens with one attached hydrogen (secondary N) is 1. The third kappa shape index (κ3) is 5.09. The van der Waals surface area contributed by atoms with Gasteiger partial charge in [0.1, 0.15) is 5.75 Å². The summed E-state index contributed by atoms with van der Waals surface area (Å²) >= 11 is 6.27. The van der Waals surface area contributed by atoms with E-state index in [2.05, 4.69) is 40.1 Å². The second-order valence-electron chi connectivity index (χ2n) is 8.06. The molecule has 0 spiro atoms. The Balaban J connectivity index is 0.00000304. The van der Waals surface area contributed by atoms with E-state index in [1.54, 1.807) is 19.5 Å². The third-order valence-corrected chi connectivity index (χ3v) is 6.26. The summed E-state index contributed by atoms with van der Waals surface area (Å²) in [5.41, 5.74) is 1.54. The van der Waals surface area contributed by atoms with Crippen LogP contribution in [0.1, 0.15) is 13.0 Å². The van der Waals surface area contributed by atoms with Gasteiger partial charge >= 0.3 is 0 Å². The van der Waals surface area contributed by atoms with Gasteiger partial charge in [-0.3, -0.25) is 0 Å². The Morgan fingerprint density at radius 2 is 1.75 bits per heavy atom. The molecule has 2 aromatic heterocycles. The summed E-state index contributed by atoms with van der Waals surface area (Å²) in [6.45, 7) is 11.1. The molecule has 5 rings (SSSR count). The minimum Gasteiger partial charge on any atom is -0.495 e. The van der Waals surface area contributed by atoms with Crippen LogP contribution in [0.5, 0.6) is 5.75 Å². The molecule has 0 radical (unpaired) electrons. The van der Waals surface area contributed by atoms with Gasteiger partial charge in [0.15, 0.2) is 17.3 Å². The number of nitrogens with zero attached hydrogens (tertiary/aromatic N) is 7. The SMILES string of the molecule is C.[C-]#[N+]c1ccc2c(N3CCN(c4ncccn4)CC3)nnc(NCc3ccc(OC)c(Cl)c3)c2c1. The standard InChI is InChI=1S/C25H23ClN8O.CH4/c1-27-18-5-6-19-20(15-18)23(30-16-17-4-7-22(35-2)21(26)14-17)31-32-24(19)33-10-12-34(13-11-33)25-28-8-3-9-29-25;/h3-9,14-15H,10-13,16H2,2H3,(H,30,31);1H4. The van der Waals surface area contributed by atoms with Crippen molar-refractivity contribution in [3.63, 3.8) is 0 Å². The molecule has 1 aliphatic rings. The highest BCUT2D eigenvalue weighted by Crippen LogP contribution is 2.33. The number of hydrogen-bond acceptors (Lipinski definition) is 8. The van der Waals surface area contributed by atoms with Crippen molar-refractivity contribution in [2.24, 2.45) is 0 Å². The number of methoxy groups -OCH3 is 1. The van der Waals surface area contributed by atoms with Crippen LogP contribution in [0.4, 0.5) is 23.3 Å². The van der Waals surface area contributed by atoms with Gasteiger partial charge in [-0.05, 0) is 29.8 Å². The van der Waals surface area contributed by atoms with E-state index in [-0.39, 0.29) is 7.43 Å². The number of rotatable bonds is 6. The van der Waals surface area contributed by atoms with Gasteiger partial charge in [-0.1, -0.05) is 37.2 Å². The maximum Gasteiger partial charge on any atom is 0.225 e. The van der Waals surface area contributed by atoms with Crippen LogP contribution in [-0.4, -0.2) is 53.5 Å². The molecule has 36 heavy (non-hydrogen) atoms. The van der Waals surface area contributed by atoms with E-state index in [0.717, 1.165) is 54.3 Å². The monoisotopic (exact) mass is 502 g/mol. The summed E-state index contributed by atoms with van der Waals surface area (Å²) in [7, 11) is 1.59. The maximum absolute atomic E-state index is 7.46. The Hall–Kier alpha value is -4.16. The molecular formula is C26H27ClN8O. The minimum atomic E-state index is 0. The van der Waals surface area contributed by atoms with E-state index >= 15 is 0 Å². The first kappa shape index (κ1) is 24.9. The quantitative estimate of drug-likeness (QED) is 0.360. The Bertz CT molecular complexity index is 1380. The van der Waals surface area contributed by atoms with E-state index in [4.69, 9.17) is 22.9 Å². The molecule has 9 nitrogen and oxygen atoms in total. The molecule has 0 amide bonds. The lowest BCUT2D eigenvalue weighted by Crippen LogP contribution is -2.47. The van der Waals surface area contributed by atoms with Crippen LogP contribution in [0, 0.1) is 6.57 Å². The highest BCUT2D eigenvalue weighted by molar-refractivity contribution is 6.32. The molecule has 0 saturated carbocycles. The second-order valence-corrected chi connectivity index (χ2v) is 8.47. The van der Waals surface area contributed by atoms with Gasteiger partial charge in [-0.25, -0.2) is 14.8 Å². The van der Waals surface area contributed by atoms with Crippen molar-refractivity contribution in [2.45, 2.75) is 14.0 Å². The molecule has 4 aromatic rings. The van der Waals surface area contributed by atoms with E-state index in [9.17, 15) is 0 Å². The summed E-state index contributed by atoms with van der Waals surface area (Å²) in [6.07, 6.45) is 3.52. The van der Waals surface area contributed by atoms with Crippen LogP contribution in [0.25, 0.3) is 15.6 Å². The van der Waals surface area contributed by atoms with E-state index in [1.807, 2.05) is 42.5 Å². The summed E-state index contributed by atoms with van der Waals surface area (Å²) in [5.74, 6) is 2.80. The van der Waals surface area contributed by atoms with Crippen LogP contribution in [-0.2, 0) is 6.54 Å². The van der Waals surface area contributed by atoms with Crippen molar-refractivity contribution < 1.29 is 4.74 Å². The number of benzene rings is 2. The fourth-order valence-electron chi connectivity index (χ4n) is 4.14. The second kappa shape index (κ2) is 11.1. The molecule has 2 aromatic carbocycles. The first-order chi connectivity index (χ1) is 17.2. The zero-order valence-corrected chi connectivity index (χ0v) is 19.9. The summed E-state index contributed by atoms with van der Waals surface area (Å²) < 4.78 is 5.23. The van der Waals surface area contributed by atoms with Crippen molar-refractivity contribution in [3.05, 3.63) is 76.9 Å². The molecule has 0 atom stereocenters. The Kier molecular flexibility index (Phi) is 7.66. The van der Waals surface area contributed by atoms with Crippen LogP contribution < -0.4 is 19.9 Å². The number of ether oxygens (including phenoxy) is 1. The number of halogens is 1. The van der Waals surface area contributed by atoms with Crippen molar-refractivity contribution in [1.82, 2.24) is 20.2 Å². The molecular weight excluding hydrogens is 476 g/mol. The molecule has 10 heteroatoms. The van der Waals surface area contributed by atoms with Gasteiger partial charge in [0.25, 0.3) is 0 Å². The molecule has 184 valence electrons. The van der Waals surface area contributed by atoms with E-state index < -0.39 is 0 Å². The van der Waals surface area contributed by atoms with Crippen molar-refractivity contribution in [3.8, 4) is 5.75 Å². The normalized spacial score (nSPS) is 13.1. The lowest BCUT2D eigenvalue weighted by molar-refractivity contribution is 0.415. The molecule has 1 fully saturated rings. The maximum atomic E-state index is 7.46. The van der Waals surface area contributed by atoms with E-state index in [0.29, 0.717) is 28.8 Å². The zero-order chi connectivity index (χ0) is 24.2. The average Bonchev–Trinajstić information content (AvgIpc) is 2.92. The molecule has 0 bridgehead atoms. The van der Waals surface area contributed by atoms with Crippen molar-refractivity contribution in [1.29, 1.82) is 0 Å². The number of hydrogen-bond donors (Lipinski definition) is 1. The van der Waals surface area contributed by atoms with Gasteiger partial charge in [0, 0.05) is 55.9 Å². The van der Waals surface area contributed by atoms with Crippen LogP contribution in [0.2, 0.25) is 5.02 Å². The smallest absolute Gasteiger partial charge is 0.225 e. The molecule has 1 N–H and O–H groups in total. The first-order valence-electron chi connectivity index (χ1n) is 11.2. The van der Waals surface area contributed by atoms with Crippen molar-refractivity contribution >= 4 is 45.6 Å². The van der Waals surface area contributed by atoms with Gasteiger partial charge in [-0.15, -0.1) is 10.2 Å². The lowest BCUT2D eigenvalue weighted by atomic mass is 10.1. The zero-order valence-electron chi connectivity index (χ0n) is 19.1. The van der Waals surface area contributed by atoms with Gasteiger partial charge in [-0.2, -0.15) is 0 Å². The topological polar surface area (TPSA) is 83.7 Å². The summed E-state index contributed by atoms with van der Waals surface area (Å²) in [4.78, 5) is 16.7. The Morgan fingerprint density at radius 3 is 2.44 bits per heavy atom. The largest absolute Gasteiger partial charge is 0.495 e. The van der Waals surface area contributed by atoms with Crippen LogP contribution >= 0.6 is 11.6 Å². The predicted octanol–water partition coefficient (Wildman–Crippen LogP) is 5.21. The highest BCUT2D eigenvalue weighted by atomic mass is 35.5. The van der Waals surface area contributed by atoms with Crippen LogP contribution in [0.3, 0.4) is 0 Å². The van der Waals surface area contributed by atoms with E-state index in [1.165, 1.54) is 0 Å². The molecule has 1 aliphatic heterocycles. The number of piperazine rings is 1. The fraction of sp³-hybridized carbons (Fsp3) is 0.269. The molecule has 0 aliphatic carbocycles. The predicted molar refractivity (Wildman–Crippen MR) is 144 cm³/mol. The first-order valence-corrected chi connectivity index (χ1v) is 11.5. The number of aromatic nitrogens is 4. The Labute approximate surface area is 215 Å². The molecule has 1 saturated heterocycles. The lowest BCUT2D eigenvalue weighted by Gasteiger charge is -2.35. The third-order valence-electron chi connectivity index (χ3n) is 5.96. The van der Waals surface area contributed by atoms with Crippen LogP contribution in [0.15, 0.2) is 54.9 Å². The van der Waals surface area contributed by atoms with Gasteiger partial charge in [0.05, 0.1) is 18.7 Å². The van der Waals surface area contributed by atoms with Gasteiger partial charge < -0.3 is 19.9 Å². The number of anilines is 3. The highest BCUT2D eigenvalue weighted by Gasteiger charge is 2.22. The molecule has 3 heterocycles. The average molecular weight is 503 g/mol. The Morgan fingerprint density at radius 1 is 1.00 bits per heavy atom. The number of fused-ring (bicyclic) bond motifs is 1. The molecule has 0 unspecified atom stereocenters. The summed E-state index contributed by atoms with van der Waals surface area (Å²) in [5, 5.41) is 14.8.